The van der Waals surface area contributed by atoms with Gasteiger partial charge in [-0.2, -0.15) is 0 Å². The lowest BCUT2D eigenvalue weighted by Crippen LogP contribution is -2.34. The lowest BCUT2D eigenvalue weighted by molar-refractivity contribution is 0.510. The third-order valence-electron chi connectivity index (χ3n) is 9.88. The van der Waals surface area contributed by atoms with E-state index in [9.17, 15) is 0 Å². The average Bonchev–Trinajstić information content (AvgIpc) is 3.60. The van der Waals surface area contributed by atoms with E-state index in [2.05, 4.69) is 136 Å². The normalized spacial score (nSPS) is 16.8. The summed E-state index contributed by atoms with van der Waals surface area (Å²) in [7, 11) is -0.736. The summed E-state index contributed by atoms with van der Waals surface area (Å²) in [5, 5.41) is 8.59. The Hall–Kier alpha value is -3.32. The fourth-order valence-corrected chi connectivity index (χ4v) is 12.1. The number of hydrogen-bond acceptors (Lipinski definition) is 2. The van der Waals surface area contributed by atoms with Gasteiger partial charge in [-0.05, 0) is 140 Å². The zero-order valence-electron chi connectivity index (χ0n) is 26.4. The molecule has 0 unspecified atom stereocenters. The van der Waals surface area contributed by atoms with Crippen molar-refractivity contribution >= 4 is 41.3 Å². The van der Waals surface area contributed by atoms with Crippen LogP contribution in [0.2, 0.25) is 0 Å². The zero-order chi connectivity index (χ0) is 30.3. The number of anilines is 1. The monoisotopic (exact) mass is 611 g/mol. The summed E-state index contributed by atoms with van der Waals surface area (Å²) >= 11 is 1.93. The van der Waals surface area contributed by atoms with Crippen LogP contribution in [0.15, 0.2) is 108 Å². The molecule has 1 nitrogen and oxygen atoms in total. The smallest absolute Gasteiger partial charge is 0.0384 e. The minimum atomic E-state index is -0.736. The highest BCUT2D eigenvalue weighted by atomic mass is 32.2. The van der Waals surface area contributed by atoms with Gasteiger partial charge in [-0.3, -0.25) is 0 Å². The van der Waals surface area contributed by atoms with Crippen molar-refractivity contribution in [1.29, 1.82) is 0 Å². The first kappa shape index (κ1) is 29.4. The van der Waals surface area contributed by atoms with Gasteiger partial charge in [0.05, 0.1) is 0 Å². The van der Waals surface area contributed by atoms with E-state index in [1.54, 1.807) is 22.0 Å². The maximum atomic E-state index is 3.93. The van der Waals surface area contributed by atoms with E-state index >= 15 is 0 Å². The number of hydrogen-bond donors (Lipinski definition) is 1. The number of benzene rings is 5. The van der Waals surface area contributed by atoms with Crippen LogP contribution in [0, 0.1) is 27.7 Å². The second-order valence-electron chi connectivity index (χ2n) is 12.6. The van der Waals surface area contributed by atoms with Gasteiger partial charge < -0.3 is 5.32 Å². The summed E-state index contributed by atoms with van der Waals surface area (Å²) in [4.78, 5) is 1.34. The molecule has 1 atom stereocenters. The van der Waals surface area contributed by atoms with Crippen LogP contribution in [-0.4, -0.2) is 12.3 Å². The Bertz CT molecular complexity index is 1730. The van der Waals surface area contributed by atoms with E-state index in [-0.39, 0.29) is 5.41 Å². The Kier molecular flexibility index (Phi) is 8.17. The topological polar surface area (TPSA) is 12.0 Å². The fourth-order valence-electron chi connectivity index (χ4n) is 8.04. The van der Waals surface area contributed by atoms with Crippen molar-refractivity contribution < 1.29 is 0 Å². The quantitative estimate of drug-likeness (QED) is 0.107. The van der Waals surface area contributed by atoms with Crippen molar-refractivity contribution in [2.75, 3.05) is 17.6 Å². The molecular formula is C41H42NPS. The van der Waals surface area contributed by atoms with Crippen LogP contribution in [0.3, 0.4) is 0 Å². The van der Waals surface area contributed by atoms with Crippen molar-refractivity contribution in [2.45, 2.75) is 63.7 Å². The summed E-state index contributed by atoms with van der Waals surface area (Å²) < 4.78 is 0. The van der Waals surface area contributed by atoms with Gasteiger partial charge in [-0.1, -0.05) is 84.9 Å². The molecule has 0 bridgehead atoms. The van der Waals surface area contributed by atoms with Gasteiger partial charge in [-0.15, -0.1) is 11.8 Å². The highest BCUT2D eigenvalue weighted by Crippen LogP contribution is 2.56. The van der Waals surface area contributed by atoms with Crippen LogP contribution in [0.5, 0.6) is 0 Å². The molecule has 44 heavy (non-hydrogen) atoms. The standard InChI is InChI=1S/C41H42NPS/c1-28-12-8-13-29(2)39(28)43(40-30(3)14-9-15-31(40)4)36-21-11-17-33-23-25-41(38(33)36)24-22-32-16-10-20-35(37(32)41)42-26-27-44-34-18-6-5-7-19-34/h5-21,42H,22-27H2,1-4H3/t41-/m0/s1. The number of thioether (sulfide) groups is 1. The van der Waals surface area contributed by atoms with Crippen LogP contribution >= 0.6 is 19.7 Å². The first-order chi connectivity index (χ1) is 21.5. The molecule has 0 heterocycles. The van der Waals surface area contributed by atoms with Crippen molar-refractivity contribution in [2.24, 2.45) is 0 Å². The molecule has 0 saturated carbocycles. The van der Waals surface area contributed by atoms with Gasteiger partial charge in [0.25, 0.3) is 0 Å². The van der Waals surface area contributed by atoms with Gasteiger partial charge in [-0.25, -0.2) is 0 Å². The SMILES string of the molecule is Cc1cccc(C)c1P(c1cccc2c1[C@@]1(CCc3cccc(NCCSc4ccccc4)c31)CC2)c1c(C)cccc1C. The maximum absolute atomic E-state index is 3.93. The lowest BCUT2D eigenvalue weighted by atomic mass is 9.76. The molecule has 0 aliphatic heterocycles. The number of aryl methyl sites for hydroxylation is 6. The van der Waals surface area contributed by atoms with Gasteiger partial charge in [0.2, 0.25) is 0 Å². The van der Waals surface area contributed by atoms with E-state index < -0.39 is 7.92 Å². The molecule has 5 aromatic rings. The van der Waals surface area contributed by atoms with Crippen LogP contribution in [0.1, 0.15) is 57.3 Å². The van der Waals surface area contributed by atoms with E-state index in [4.69, 9.17) is 0 Å². The van der Waals surface area contributed by atoms with Gasteiger partial charge >= 0.3 is 0 Å². The van der Waals surface area contributed by atoms with Crippen molar-refractivity contribution in [3.63, 3.8) is 0 Å². The Morgan fingerprint density at radius 3 is 1.77 bits per heavy atom. The van der Waals surface area contributed by atoms with Gasteiger partial charge in [0, 0.05) is 28.3 Å². The number of rotatable bonds is 8. The molecule has 0 fully saturated rings. The third-order valence-corrected chi connectivity index (χ3v) is 14.0. The fraction of sp³-hybridized carbons (Fsp3) is 0.268. The molecule has 0 amide bonds. The molecule has 2 aliphatic rings. The second kappa shape index (κ2) is 12.2. The highest BCUT2D eigenvalue weighted by molar-refractivity contribution is 7.99. The van der Waals surface area contributed by atoms with Crippen LogP contribution in [-0.2, 0) is 18.3 Å². The molecule has 1 spiro atoms. The molecular weight excluding hydrogens is 569 g/mol. The first-order valence-electron chi connectivity index (χ1n) is 16.1. The van der Waals surface area contributed by atoms with Crippen molar-refractivity contribution in [3.8, 4) is 0 Å². The molecule has 222 valence electrons. The summed E-state index contributed by atoms with van der Waals surface area (Å²) in [6.45, 7) is 10.3. The van der Waals surface area contributed by atoms with Gasteiger partial charge in [0.1, 0.15) is 0 Å². The Labute approximate surface area is 269 Å². The first-order valence-corrected chi connectivity index (χ1v) is 18.4. The third kappa shape index (κ3) is 5.11. The molecule has 2 aliphatic carbocycles. The molecule has 3 heteroatoms. The number of nitrogens with one attached hydrogen (secondary N) is 1. The molecule has 7 rings (SSSR count). The predicted molar refractivity (Wildman–Crippen MR) is 194 cm³/mol. The second-order valence-corrected chi connectivity index (χ2v) is 15.9. The Balaban J connectivity index is 1.35. The van der Waals surface area contributed by atoms with Crippen LogP contribution < -0.4 is 21.2 Å². The predicted octanol–water partition coefficient (Wildman–Crippen LogP) is 9.06. The van der Waals surface area contributed by atoms with E-state index in [1.165, 1.54) is 61.9 Å². The Morgan fingerprint density at radius 1 is 0.614 bits per heavy atom. The largest absolute Gasteiger partial charge is 0.384 e. The highest BCUT2D eigenvalue weighted by Gasteiger charge is 2.48. The maximum Gasteiger partial charge on any atom is 0.0384 e. The summed E-state index contributed by atoms with van der Waals surface area (Å²) in [5.41, 5.74) is 13.4. The van der Waals surface area contributed by atoms with E-state index in [0.717, 1.165) is 25.1 Å². The molecule has 1 N–H and O–H groups in total. The van der Waals surface area contributed by atoms with Crippen LogP contribution in [0.4, 0.5) is 5.69 Å². The van der Waals surface area contributed by atoms with Crippen molar-refractivity contribution in [3.05, 3.63) is 148 Å². The molecule has 0 radical (unpaired) electrons. The summed E-state index contributed by atoms with van der Waals surface area (Å²) in [6.07, 6.45) is 4.71. The van der Waals surface area contributed by atoms with E-state index in [0.29, 0.717) is 0 Å². The van der Waals surface area contributed by atoms with Crippen molar-refractivity contribution in [1.82, 2.24) is 0 Å². The summed E-state index contributed by atoms with van der Waals surface area (Å²) in [5.74, 6) is 1.05. The summed E-state index contributed by atoms with van der Waals surface area (Å²) in [6, 6.07) is 38.8. The minimum absolute atomic E-state index is 0.0607. The minimum Gasteiger partial charge on any atom is -0.384 e. The Morgan fingerprint density at radius 2 is 1.16 bits per heavy atom. The average molecular weight is 612 g/mol. The molecule has 0 aromatic heterocycles. The molecule has 0 saturated heterocycles. The lowest BCUT2D eigenvalue weighted by Gasteiger charge is -2.35. The zero-order valence-corrected chi connectivity index (χ0v) is 28.1. The van der Waals surface area contributed by atoms with Gasteiger partial charge in [0.15, 0.2) is 0 Å². The van der Waals surface area contributed by atoms with E-state index in [1.807, 2.05) is 11.8 Å². The number of fused-ring (bicyclic) bond motifs is 4. The van der Waals surface area contributed by atoms with Crippen LogP contribution in [0.25, 0.3) is 0 Å². The molecule has 5 aromatic carbocycles.